The highest BCUT2D eigenvalue weighted by atomic mass is 35.5. The maximum atomic E-state index is 12.9. The Morgan fingerprint density at radius 1 is 1.06 bits per heavy atom. The second-order valence-corrected chi connectivity index (χ2v) is 11.9. The Kier molecular flexibility index (Phi) is 8.91. The number of aliphatic hydroxyl groups is 1. The molecule has 14 heteroatoms. The van der Waals surface area contributed by atoms with Crippen LogP contribution in [0.15, 0.2) is 65.6 Å². The fourth-order valence-electron chi connectivity index (χ4n) is 5.77. The van der Waals surface area contributed by atoms with E-state index in [9.17, 15) is 24.6 Å². The van der Waals surface area contributed by atoms with Crippen LogP contribution in [0.4, 0.5) is 4.79 Å². The summed E-state index contributed by atoms with van der Waals surface area (Å²) in [5.74, 6) is 0.386. The van der Waals surface area contributed by atoms with Crippen LogP contribution in [0.25, 0.3) is 39.0 Å². The molecule has 2 aromatic carbocycles. The normalized spacial score (nSPS) is 14.4. The molecule has 6 rings (SSSR count). The molecule has 0 saturated carbocycles. The van der Waals surface area contributed by atoms with Crippen LogP contribution < -0.4 is 15.6 Å². The molecule has 1 saturated heterocycles. The van der Waals surface area contributed by atoms with Gasteiger partial charge in [-0.25, -0.2) is 14.3 Å². The minimum absolute atomic E-state index is 0.0201. The molecule has 3 aromatic heterocycles. The Bertz CT molecular complexity index is 2090. The number of benzene rings is 2. The van der Waals surface area contributed by atoms with Crippen molar-refractivity contribution in [3.05, 3.63) is 92.6 Å². The van der Waals surface area contributed by atoms with Crippen molar-refractivity contribution >= 4 is 40.7 Å². The third-order valence-corrected chi connectivity index (χ3v) is 9.05. The number of halogens is 2. The number of pyridine rings is 1. The van der Waals surface area contributed by atoms with Crippen LogP contribution >= 0.6 is 23.2 Å². The van der Waals surface area contributed by atoms with Crippen LogP contribution in [0.3, 0.4) is 0 Å². The average molecular weight is 678 g/mol. The van der Waals surface area contributed by atoms with Gasteiger partial charge >= 0.3 is 6.09 Å². The van der Waals surface area contributed by atoms with Gasteiger partial charge < -0.3 is 25.2 Å². The number of nitrogens with zero attached hydrogens (tertiary/aromatic N) is 5. The molecule has 0 radical (unpaired) electrons. The van der Waals surface area contributed by atoms with Gasteiger partial charge in [-0.05, 0) is 24.6 Å². The van der Waals surface area contributed by atoms with Gasteiger partial charge in [0.1, 0.15) is 12.1 Å². The van der Waals surface area contributed by atoms with Crippen molar-refractivity contribution in [2.24, 2.45) is 7.05 Å². The lowest BCUT2D eigenvalue weighted by molar-refractivity contribution is -0.119. The molecule has 1 aliphatic rings. The number of amides is 2. The van der Waals surface area contributed by atoms with Crippen molar-refractivity contribution in [2.45, 2.75) is 32.0 Å². The first kappa shape index (κ1) is 32.0. The summed E-state index contributed by atoms with van der Waals surface area (Å²) in [5, 5.41) is 27.4. The summed E-state index contributed by atoms with van der Waals surface area (Å²) in [6, 6.07) is 16.0. The van der Waals surface area contributed by atoms with E-state index in [0.717, 1.165) is 0 Å². The van der Waals surface area contributed by atoms with Gasteiger partial charge in [0.05, 0.1) is 29.4 Å². The number of methoxy groups -OCH3 is 1. The first-order chi connectivity index (χ1) is 22.6. The molecule has 0 bridgehead atoms. The molecule has 0 unspecified atom stereocenters. The standard InChI is InChI=1S/C33H30Cl2N6O6/c1-39-27(17-42)38-41-15-19(13-26(41)32(39)44)21-5-3-6-22(29(21)34)23-7-4-8-24(30(23)35)25-11-9-18(31(37-25)47-2)14-40(33(45)46)16-20-10-12-28(43)36-20/h3-9,11,13,15,20,42H,10,12,14,16-17H2,1-2H3,(H,36,43)(H,45,46)/t20-/m1/s1. The predicted octanol–water partition coefficient (Wildman–Crippen LogP) is 5.00. The second kappa shape index (κ2) is 13.1. The van der Waals surface area contributed by atoms with Gasteiger partial charge in [-0.3, -0.25) is 14.2 Å². The van der Waals surface area contributed by atoms with E-state index in [1.54, 1.807) is 31.4 Å². The van der Waals surface area contributed by atoms with E-state index in [1.807, 2.05) is 36.4 Å². The van der Waals surface area contributed by atoms with Gasteiger partial charge in [0.15, 0.2) is 5.82 Å². The molecule has 0 aliphatic carbocycles. The van der Waals surface area contributed by atoms with Crippen molar-refractivity contribution < 1.29 is 24.5 Å². The number of carboxylic acid groups (broad SMARTS) is 1. The number of nitrogens with one attached hydrogen (secondary N) is 1. The van der Waals surface area contributed by atoms with E-state index in [4.69, 9.17) is 27.9 Å². The van der Waals surface area contributed by atoms with Gasteiger partial charge in [-0.15, -0.1) is 0 Å². The molecule has 1 fully saturated rings. The lowest BCUT2D eigenvalue weighted by atomic mass is 9.97. The van der Waals surface area contributed by atoms with Crippen molar-refractivity contribution in [1.29, 1.82) is 0 Å². The summed E-state index contributed by atoms with van der Waals surface area (Å²) in [6.45, 7) is -0.214. The third-order valence-electron chi connectivity index (χ3n) is 8.24. The van der Waals surface area contributed by atoms with Crippen LogP contribution in [0.1, 0.15) is 24.2 Å². The molecule has 1 aliphatic heterocycles. The Hall–Kier alpha value is -4.91. The van der Waals surface area contributed by atoms with E-state index < -0.39 is 6.09 Å². The number of hydrogen-bond acceptors (Lipinski definition) is 7. The van der Waals surface area contributed by atoms with Crippen molar-refractivity contribution in [3.63, 3.8) is 0 Å². The van der Waals surface area contributed by atoms with Crippen molar-refractivity contribution in [2.75, 3.05) is 13.7 Å². The monoisotopic (exact) mass is 676 g/mol. The van der Waals surface area contributed by atoms with E-state index in [0.29, 0.717) is 67.5 Å². The van der Waals surface area contributed by atoms with E-state index in [-0.39, 0.29) is 48.9 Å². The molecule has 4 heterocycles. The zero-order valence-corrected chi connectivity index (χ0v) is 26.9. The van der Waals surface area contributed by atoms with Gasteiger partial charge in [-0.1, -0.05) is 59.6 Å². The minimum atomic E-state index is -1.12. The van der Waals surface area contributed by atoms with Gasteiger partial charge in [-0.2, -0.15) is 5.10 Å². The third kappa shape index (κ3) is 6.14. The largest absolute Gasteiger partial charge is 0.481 e. The van der Waals surface area contributed by atoms with Gasteiger partial charge in [0.25, 0.3) is 5.56 Å². The molecule has 5 aromatic rings. The molecule has 47 heavy (non-hydrogen) atoms. The summed E-state index contributed by atoms with van der Waals surface area (Å²) < 4.78 is 8.30. The average Bonchev–Trinajstić information content (AvgIpc) is 3.68. The van der Waals surface area contributed by atoms with Crippen molar-refractivity contribution in [3.8, 4) is 39.4 Å². The van der Waals surface area contributed by atoms with E-state index >= 15 is 0 Å². The second-order valence-electron chi connectivity index (χ2n) is 11.2. The fraction of sp³-hybridized carbons (Fsp3) is 0.242. The highest BCUT2D eigenvalue weighted by Gasteiger charge is 2.26. The number of carbonyl (C=O) groups is 2. The molecule has 3 N–H and O–H groups in total. The highest BCUT2D eigenvalue weighted by Crippen LogP contribution is 2.42. The highest BCUT2D eigenvalue weighted by molar-refractivity contribution is 6.39. The number of fused-ring (bicyclic) bond motifs is 1. The Morgan fingerprint density at radius 2 is 1.74 bits per heavy atom. The summed E-state index contributed by atoms with van der Waals surface area (Å²) in [7, 11) is 3.01. The van der Waals surface area contributed by atoms with Crippen molar-refractivity contribution in [1.82, 2.24) is 29.4 Å². The van der Waals surface area contributed by atoms with E-state index in [2.05, 4.69) is 15.4 Å². The molecule has 12 nitrogen and oxygen atoms in total. The Morgan fingerprint density at radius 3 is 2.38 bits per heavy atom. The van der Waals surface area contributed by atoms with Crippen LogP contribution in [0.2, 0.25) is 10.0 Å². The molecular weight excluding hydrogens is 647 g/mol. The molecule has 1 atom stereocenters. The lowest BCUT2D eigenvalue weighted by Gasteiger charge is -2.23. The summed E-state index contributed by atoms with van der Waals surface area (Å²) in [5.41, 5.74) is 4.34. The summed E-state index contributed by atoms with van der Waals surface area (Å²) >= 11 is 14.0. The number of aliphatic hydroxyl groups excluding tert-OH is 1. The van der Waals surface area contributed by atoms with Crippen LogP contribution in [-0.2, 0) is 25.0 Å². The predicted molar refractivity (Wildman–Crippen MR) is 177 cm³/mol. The van der Waals surface area contributed by atoms with Crippen LogP contribution in [-0.4, -0.2) is 66.0 Å². The zero-order valence-electron chi connectivity index (χ0n) is 25.4. The lowest BCUT2D eigenvalue weighted by Crippen LogP contribution is -2.41. The number of aromatic nitrogens is 4. The van der Waals surface area contributed by atoms with Gasteiger partial charge in [0, 0.05) is 65.6 Å². The molecule has 0 spiro atoms. The number of hydrogen-bond donors (Lipinski definition) is 3. The molecular formula is C33H30Cl2N6O6. The summed E-state index contributed by atoms with van der Waals surface area (Å²) in [6.07, 6.45) is 1.52. The quantitative estimate of drug-likeness (QED) is 0.197. The zero-order chi connectivity index (χ0) is 33.4. The fourth-order valence-corrected chi connectivity index (χ4v) is 6.43. The number of rotatable bonds is 9. The van der Waals surface area contributed by atoms with Crippen LogP contribution in [0, 0.1) is 0 Å². The first-order valence-corrected chi connectivity index (χ1v) is 15.4. The van der Waals surface area contributed by atoms with Gasteiger partial charge in [0.2, 0.25) is 11.8 Å². The Labute approximate surface area is 278 Å². The first-order valence-electron chi connectivity index (χ1n) is 14.7. The molecule has 2 amide bonds. The van der Waals surface area contributed by atoms with E-state index in [1.165, 1.54) is 21.1 Å². The maximum Gasteiger partial charge on any atom is 0.407 e. The smallest absolute Gasteiger partial charge is 0.407 e. The minimum Gasteiger partial charge on any atom is -0.481 e. The Balaban J connectivity index is 1.33. The van der Waals surface area contributed by atoms with Crippen LogP contribution in [0.5, 0.6) is 5.88 Å². The maximum absolute atomic E-state index is 12.9. The summed E-state index contributed by atoms with van der Waals surface area (Å²) in [4.78, 5) is 42.4. The number of ether oxygens (including phenoxy) is 1. The molecule has 242 valence electrons. The topological polar surface area (TPSA) is 151 Å². The number of carbonyl (C=O) groups excluding carboxylic acids is 1. The SMILES string of the molecule is COc1nc(-c2cccc(-c3cccc(-c4cc5c(=O)n(C)c(CO)nn5c4)c3Cl)c2Cl)ccc1CN(C[C@H]1CCC(=O)N1)C(=O)O.